The van der Waals surface area contributed by atoms with Gasteiger partial charge in [0.1, 0.15) is 5.75 Å². The van der Waals surface area contributed by atoms with Crippen molar-refractivity contribution in [1.82, 2.24) is 0 Å². The van der Waals surface area contributed by atoms with Gasteiger partial charge in [0.2, 0.25) is 0 Å². The summed E-state index contributed by atoms with van der Waals surface area (Å²) in [7, 11) is 0. The van der Waals surface area contributed by atoms with Crippen LogP contribution in [0.3, 0.4) is 0 Å². The second-order valence-electron chi connectivity index (χ2n) is 4.81. The van der Waals surface area contributed by atoms with Crippen LogP contribution in [0.2, 0.25) is 0 Å². The van der Waals surface area contributed by atoms with Crippen LogP contribution in [0.4, 0.5) is 0 Å². The minimum atomic E-state index is -0.475. The van der Waals surface area contributed by atoms with Crippen LogP contribution < -0.4 is 0 Å². The summed E-state index contributed by atoms with van der Waals surface area (Å²) < 4.78 is 0. The Hall–Kier alpha value is -3.94. The van der Waals surface area contributed by atoms with Gasteiger partial charge in [0.15, 0.2) is 40.2 Å². The summed E-state index contributed by atoms with van der Waals surface area (Å²) in [6.45, 7) is 0. The summed E-state index contributed by atoms with van der Waals surface area (Å²) in [4.78, 5) is 0. The van der Waals surface area contributed by atoms with Crippen LogP contribution in [0.15, 0.2) is 60.7 Å². The summed E-state index contributed by atoms with van der Waals surface area (Å²) >= 11 is 0. The molecule has 3 aromatic rings. The predicted octanol–water partition coefficient (Wildman–Crippen LogP) is 2.70. The molecule has 3 aromatic carbocycles. The van der Waals surface area contributed by atoms with Gasteiger partial charge < -0.3 is 40.9 Å². The van der Waals surface area contributed by atoms with Crippen molar-refractivity contribution in [2.75, 3.05) is 0 Å². The molecule has 8 N–H and O–H groups in total. The van der Waals surface area contributed by atoms with Crippen LogP contribution in [-0.4, -0.2) is 40.9 Å². The monoisotopic (exact) mass is 362 g/mol. The van der Waals surface area contributed by atoms with Crippen LogP contribution in [0.1, 0.15) is 0 Å². The number of aromatic hydroxyl groups is 8. The van der Waals surface area contributed by atoms with Crippen LogP contribution >= 0.6 is 0 Å². The fourth-order valence-corrected chi connectivity index (χ4v) is 1.50. The molecule has 0 radical (unpaired) electrons. The Morgan fingerprint density at radius 1 is 0.385 bits per heavy atom. The molecular formula is C18H18O8. The molecule has 8 nitrogen and oxygen atoms in total. The van der Waals surface area contributed by atoms with E-state index in [1.807, 2.05) is 0 Å². The molecule has 0 unspecified atom stereocenters. The molecule has 0 aliphatic heterocycles. The van der Waals surface area contributed by atoms with E-state index in [1.165, 1.54) is 42.5 Å². The maximum Gasteiger partial charge on any atom is 0.200 e. The van der Waals surface area contributed by atoms with Gasteiger partial charge in [-0.15, -0.1) is 0 Å². The molecule has 0 heterocycles. The van der Waals surface area contributed by atoms with Gasteiger partial charge in [-0.25, -0.2) is 0 Å². The third kappa shape index (κ3) is 6.28. The molecule has 26 heavy (non-hydrogen) atoms. The lowest BCUT2D eigenvalue weighted by atomic mass is 10.3. The number of phenols is 8. The van der Waals surface area contributed by atoms with Gasteiger partial charge in [0.25, 0.3) is 0 Å². The number of phenolic OH excluding ortho intramolecular Hbond substituents is 8. The van der Waals surface area contributed by atoms with E-state index in [0.717, 1.165) is 6.07 Å². The minimum absolute atomic E-state index is 0.0645. The van der Waals surface area contributed by atoms with Crippen molar-refractivity contribution in [3.8, 4) is 46.0 Å². The second-order valence-corrected chi connectivity index (χ2v) is 4.81. The van der Waals surface area contributed by atoms with Crippen molar-refractivity contribution in [2.45, 2.75) is 0 Å². The van der Waals surface area contributed by atoms with E-state index in [0.29, 0.717) is 0 Å². The Morgan fingerprint density at radius 2 is 0.808 bits per heavy atom. The van der Waals surface area contributed by atoms with Crippen LogP contribution in [0.25, 0.3) is 0 Å². The van der Waals surface area contributed by atoms with Crippen LogP contribution in [0.5, 0.6) is 46.0 Å². The average molecular weight is 362 g/mol. The van der Waals surface area contributed by atoms with E-state index >= 15 is 0 Å². The van der Waals surface area contributed by atoms with Gasteiger partial charge in [0, 0.05) is 6.07 Å². The summed E-state index contributed by atoms with van der Waals surface area (Å²) in [5.41, 5.74) is 0. The Morgan fingerprint density at radius 3 is 1.15 bits per heavy atom. The zero-order chi connectivity index (χ0) is 19.7. The normalized spacial score (nSPS) is 9.23. The zero-order valence-corrected chi connectivity index (χ0v) is 13.4. The fourth-order valence-electron chi connectivity index (χ4n) is 1.50. The molecule has 0 saturated carbocycles. The van der Waals surface area contributed by atoms with Crippen molar-refractivity contribution < 1.29 is 40.9 Å². The number of hydrogen-bond acceptors (Lipinski definition) is 8. The molecule has 0 saturated heterocycles. The lowest BCUT2D eigenvalue weighted by molar-refractivity contribution is 0.368. The van der Waals surface area contributed by atoms with Gasteiger partial charge in [-0.3, -0.25) is 0 Å². The van der Waals surface area contributed by atoms with Gasteiger partial charge in [-0.2, -0.15) is 0 Å². The highest BCUT2D eigenvalue weighted by Crippen LogP contribution is 2.32. The second kappa shape index (κ2) is 9.38. The van der Waals surface area contributed by atoms with Crippen molar-refractivity contribution in [2.24, 2.45) is 0 Å². The zero-order valence-electron chi connectivity index (χ0n) is 13.4. The SMILES string of the molecule is Oc1ccc(O)c(O)c1.Oc1cccc(O)c1O.Oc1ccccc1O. The Bertz CT molecular complexity index is 807. The Kier molecular flexibility index (Phi) is 7.25. The molecule has 0 aromatic heterocycles. The summed E-state index contributed by atoms with van der Waals surface area (Å²) in [6.07, 6.45) is 0. The highest BCUT2D eigenvalue weighted by Gasteiger charge is 2.01. The first-order valence-corrected chi connectivity index (χ1v) is 7.10. The molecule has 3 rings (SSSR count). The third-order valence-corrected chi connectivity index (χ3v) is 2.83. The fraction of sp³-hybridized carbons (Fsp3) is 0. The highest BCUT2D eigenvalue weighted by atomic mass is 16.3. The van der Waals surface area contributed by atoms with Gasteiger partial charge in [0.05, 0.1) is 0 Å². The van der Waals surface area contributed by atoms with Crippen molar-refractivity contribution in [1.29, 1.82) is 0 Å². The molecule has 0 aliphatic rings. The highest BCUT2D eigenvalue weighted by molar-refractivity contribution is 5.47. The molecule has 0 spiro atoms. The number of rotatable bonds is 0. The lowest BCUT2D eigenvalue weighted by Crippen LogP contribution is -1.67. The van der Waals surface area contributed by atoms with E-state index < -0.39 is 5.75 Å². The molecule has 0 bridgehead atoms. The van der Waals surface area contributed by atoms with Gasteiger partial charge in [-0.1, -0.05) is 18.2 Å². The molecule has 138 valence electrons. The molecular weight excluding hydrogens is 344 g/mol. The summed E-state index contributed by atoms with van der Waals surface area (Å²) in [5, 5.41) is 69.5. The minimum Gasteiger partial charge on any atom is -0.508 e. The standard InChI is InChI=1S/2C6H6O3.C6H6O2/c7-4-1-2-5(8)6(9)3-4;7-4-2-1-3-5(8)6(4)9;7-5-3-1-2-4-6(5)8/h2*1-3,7-9H;1-4,7-8H. The first kappa shape index (κ1) is 20.1. The third-order valence-electron chi connectivity index (χ3n) is 2.83. The topological polar surface area (TPSA) is 162 Å². The van der Waals surface area contributed by atoms with E-state index in [1.54, 1.807) is 12.1 Å². The molecule has 0 atom stereocenters. The van der Waals surface area contributed by atoms with Gasteiger partial charge in [-0.05, 0) is 36.4 Å². The number of hydrogen-bond donors (Lipinski definition) is 8. The smallest absolute Gasteiger partial charge is 0.200 e. The van der Waals surface area contributed by atoms with Gasteiger partial charge >= 0.3 is 0 Å². The number of benzene rings is 3. The maximum atomic E-state index is 8.71. The van der Waals surface area contributed by atoms with Crippen molar-refractivity contribution >= 4 is 0 Å². The first-order valence-electron chi connectivity index (χ1n) is 7.10. The maximum absolute atomic E-state index is 8.71. The Balaban J connectivity index is 0.000000195. The molecule has 0 aliphatic carbocycles. The predicted molar refractivity (Wildman–Crippen MR) is 92.6 cm³/mol. The van der Waals surface area contributed by atoms with E-state index in [-0.39, 0.29) is 40.2 Å². The van der Waals surface area contributed by atoms with Crippen molar-refractivity contribution in [3.63, 3.8) is 0 Å². The van der Waals surface area contributed by atoms with E-state index in [4.69, 9.17) is 40.9 Å². The Labute approximate surface area is 148 Å². The lowest BCUT2D eigenvalue weighted by Gasteiger charge is -1.96. The van der Waals surface area contributed by atoms with E-state index in [9.17, 15) is 0 Å². The molecule has 0 amide bonds. The van der Waals surface area contributed by atoms with Crippen molar-refractivity contribution in [3.05, 3.63) is 60.7 Å². The van der Waals surface area contributed by atoms with Crippen LogP contribution in [-0.2, 0) is 0 Å². The van der Waals surface area contributed by atoms with Crippen LogP contribution in [0, 0.1) is 0 Å². The first-order chi connectivity index (χ1) is 12.2. The van der Waals surface area contributed by atoms with E-state index in [2.05, 4.69) is 0 Å². The average Bonchev–Trinajstić information content (AvgIpc) is 2.60. The molecule has 0 fully saturated rings. The summed E-state index contributed by atoms with van der Waals surface area (Å²) in [5.74, 6) is -1.85. The molecule has 8 heteroatoms. The largest absolute Gasteiger partial charge is 0.508 e. The number of para-hydroxylation sites is 3. The summed E-state index contributed by atoms with van der Waals surface area (Å²) in [6, 6.07) is 13.7. The quantitative estimate of drug-likeness (QED) is 0.224.